The first-order valence-electron chi connectivity index (χ1n) is 10.7. The first kappa shape index (κ1) is 21.5. The van der Waals surface area contributed by atoms with Gasteiger partial charge in [0.1, 0.15) is 5.75 Å². The molecule has 0 aliphatic heterocycles. The van der Waals surface area contributed by atoms with Crippen LogP contribution < -0.4 is 4.74 Å². The molecule has 2 aromatic heterocycles. The van der Waals surface area contributed by atoms with Crippen LogP contribution in [0.4, 0.5) is 5.69 Å². The summed E-state index contributed by atoms with van der Waals surface area (Å²) < 4.78 is 7.14. The molecule has 4 rings (SSSR count). The number of hydrogen-bond donors (Lipinski definition) is 1. The van der Waals surface area contributed by atoms with E-state index in [1.54, 1.807) is 23.8 Å². The molecule has 4 aromatic rings. The number of carbonyl (C=O) groups excluding carboxylic acids is 1. The van der Waals surface area contributed by atoms with E-state index in [2.05, 4.69) is 22.1 Å². The second-order valence-electron chi connectivity index (χ2n) is 7.90. The molecular weight excluding hydrogens is 404 g/mol. The van der Waals surface area contributed by atoms with Gasteiger partial charge in [0.15, 0.2) is 5.69 Å². The summed E-state index contributed by atoms with van der Waals surface area (Å²) >= 11 is 0. The van der Waals surface area contributed by atoms with Gasteiger partial charge in [-0.3, -0.25) is 9.78 Å². The van der Waals surface area contributed by atoms with Gasteiger partial charge >= 0.3 is 0 Å². The second kappa shape index (κ2) is 8.78. The first-order valence-corrected chi connectivity index (χ1v) is 10.7. The van der Waals surface area contributed by atoms with Crippen LogP contribution in [0, 0.1) is 13.8 Å². The highest BCUT2D eigenvalue weighted by Crippen LogP contribution is 2.41. The second-order valence-corrected chi connectivity index (χ2v) is 7.90. The van der Waals surface area contributed by atoms with Crippen molar-refractivity contribution in [2.24, 2.45) is 10.2 Å². The van der Waals surface area contributed by atoms with Crippen LogP contribution in [0.25, 0.3) is 21.8 Å². The van der Waals surface area contributed by atoms with Crippen molar-refractivity contribution in [1.29, 1.82) is 0 Å². The van der Waals surface area contributed by atoms with Gasteiger partial charge < -0.3 is 14.4 Å². The van der Waals surface area contributed by atoms with Crippen LogP contribution >= 0.6 is 0 Å². The fraction of sp³-hybridized carbons (Fsp3) is 0.280. The van der Waals surface area contributed by atoms with Gasteiger partial charge in [-0.25, -0.2) is 0 Å². The number of ether oxygens (including phenoxy) is 1. The average Bonchev–Trinajstić information content (AvgIpc) is 3.05. The van der Waals surface area contributed by atoms with Crippen molar-refractivity contribution in [3.63, 3.8) is 0 Å². The third kappa shape index (κ3) is 3.93. The number of aromatic hydroxyl groups is 1. The van der Waals surface area contributed by atoms with Gasteiger partial charge in [0, 0.05) is 23.0 Å². The molecule has 0 bridgehead atoms. The number of methoxy groups -OCH3 is 1. The minimum absolute atomic E-state index is 0.00938. The van der Waals surface area contributed by atoms with E-state index in [0.29, 0.717) is 23.2 Å². The Bertz CT molecular complexity index is 1350. The molecule has 1 N–H and O–H groups in total. The molecule has 7 nitrogen and oxygen atoms in total. The molecule has 7 heteroatoms. The van der Waals surface area contributed by atoms with Crippen molar-refractivity contribution < 1.29 is 14.6 Å². The number of rotatable bonds is 6. The molecule has 164 valence electrons. The summed E-state index contributed by atoms with van der Waals surface area (Å²) in [5.41, 5.74) is 4.00. The minimum atomic E-state index is -0.483. The standard InChI is InChI=1S/C25H26N4O3/c1-5-6-11-29-22-10-8-17(32-4)14-20(22)23(25(29)31)27-28-24(30)19-13-16(3)26-21-9-7-15(2)12-18(19)21/h7-10,12-14,31H,5-6,11H2,1-4H3. The van der Waals surface area contributed by atoms with E-state index in [1.807, 2.05) is 44.2 Å². The fourth-order valence-electron chi connectivity index (χ4n) is 3.87. The molecule has 1 amide bonds. The largest absolute Gasteiger partial charge is 0.497 e. The highest BCUT2D eigenvalue weighted by atomic mass is 16.5. The molecule has 2 aromatic carbocycles. The van der Waals surface area contributed by atoms with Gasteiger partial charge in [-0.05, 0) is 56.7 Å². The quantitative estimate of drug-likeness (QED) is 0.366. The van der Waals surface area contributed by atoms with E-state index in [1.165, 1.54) is 0 Å². The zero-order valence-corrected chi connectivity index (χ0v) is 18.7. The lowest BCUT2D eigenvalue weighted by molar-refractivity contribution is 0.0996. The van der Waals surface area contributed by atoms with E-state index >= 15 is 0 Å². The highest BCUT2D eigenvalue weighted by molar-refractivity contribution is 6.07. The van der Waals surface area contributed by atoms with Crippen LogP contribution in [0.2, 0.25) is 0 Å². The van der Waals surface area contributed by atoms with Crippen molar-refractivity contribution >= 4 is 33.4 Å². The number of benzene rings is 2. The summed E-state index contributed by atoms with van der Waals surface area (Å²) in [5, 5.41) is 20.5. The summed E-state index contributed by atoms with van der Waals surface area (Å²) in [5.74, 6) is 0.145. The molecule has 0 atom stereocenters. The van der Waals surface area contributed by atoms with E-state index in [4.69, 9.17) is 4.74 Å². The maximum Gasteiger partial charge on any atom is 0.296 e. The lowest BCUT2D eigenvalue weighted by Gasteiger charge is -2.06. The smallest absolute Gasteiger partial charge is 0.296 e. The third-order valence-corrected chi connectivity index (χ3v) is 5.52. The molecule has 0 aliphatic rings. The fourth-order valence-corrected chi connectivity index (χ4v) is 3.87. The number of aryl methyl sites for hydroxylation is 3. The predicted octanol–water partition coefficient (Wildman–Crippen LogP) is 6.24. The molecule has 0 saturated carbocycles. The Labute approximate surface area is 186 Å². The molecule has 0 saturated heterocycles. The van der Waals surface area contributed by atoms with E-state index in [0.717, 1.165) is 40.5 Å². The minimum Gasteiger partial charge on any atom is -0.497 e. The zero-order valence-electron chi connectivity index (χ0n) is 18.7. The number of fused-ring (bicyclic) bond motifs is 2. The normalized spacial score (nSPS) is 11.6. The zero-order chi connectivity index (χ0) is 22.8. The predicted molar refractivity (Wildman–Crippen MR) is 125 cm³/mol. The van der Waals surface area contributed by atoms with Crippen LogP contribution in [-0.2, 0) is 6.54 Å². The highest BCUT2D eigenvalue weighted by Gasteiger charge is 2.18. The molecular formula is C25H26N4O3. The van der Waals surface area contributed by atoms with Crippen LogP contribution in [0.1, 0.15) is 41.4 Å². The Morgan fingerprint density at radius 3 is 2.69 bits per heavy atom. The van der Waals surface area contributed by atoms with Crippen molar-refractivity contribution in [1.82, 2.24) is 9.55 Å². The van der Waals surface area contributed by atoms with E-state index in [-0.39, 0.29) is 11.6 Å². The summed E-state index contributed by atoms with van der Waals surface area (Å²) in [6.07, 6.45) is 1.89. The number of amides is 1. The Kier molecular flexibility index (Phi) is 5.90. The van der Waals surface area contributed by atoms with Crippen molar-refractivity contribution in [2.45, 2.75) is 40.2 Å². The first-order chi connectivity index (χ1) is 15.4. The molecule has 0 spiro atoms. The number of pyridine rings is 1. The Morgan fingerprint density at radius 2 is 1.94 bits per heavy atom. The van der Waals surface area contributed by atoms with Crippen LogP contribution in [0.3, 0.4) is 0 Å². The van der Waals surface area contributed by atoms with Gasteiger partial charge in [0.2, 0.25) is 5.88 Å². The van der Waals surface area contributed by atoms with Crippen molar-refractivity contribution in [3.8, 4) is 11.6 Å². The molecule has 0 radical (unpaired) electrons. The lowest BCUT2D eigenvalue weighted by atomic mass is 10.1. The topological polar surface area (TPSA) is 89.1 Å². The third-order valence-electron chi connectivity index (χ3n) is 5.52. The molecule has 0 fully saturated rings. The maximum absolute atomic E-state index is 13.0. The summed E-state index contributed by atoms with van der Waals surface area (Å²) in [6.45, 7) is 6.54. The van der Waals surface area contributed by atoms with Gasteiger partial charge in [-0.15, -0.1) is 10.2 Å². The average molecular weight is 431 g/mol. The SMILES string of the molecule is CCCCn1c(O)c(N=NC(=O)c2cc(C)nc3ccc(C)cc23)c2cc(OC)ccc21. The van der Waals surface area contributed by atoms with Crippen LogP contribution in [-0.4, -0.2) is 27.7 Å². The Morgan fingerprint density at radius 1 is 1.12 bits per heavy atom. The molecule has 0 aliphatic carbocycles. The van der Waals surface area contributed by atoms with E-state index in [9.17, 15) is 9.90 Å². The van der Waals surface area contributed by atoms with Gasteiger partial charge in [-0.2, -0.15) is 0 Å². The molecule has 32 heavy (non-hydrogen) atoms. The van der Waals surface area contributed by atoms with Crippen molar-refractivity contribution in [2.75, 3.05) is 7.11 Å². The number of hydrogen-bond acceptors (Lipinski definition) is 5. The van der Waals surface area contributed by atoms with Gasteiger partial charge in [0.25, 0.3) is 5.91 Å². The Hall–Kier alpha value is -3.74. The Balaban J connectivity index is 1.80. The van der Waals surface area contributed by atoms with Gasteiger partial charge in [-0.1, -0.05) is 25.0 Å². The van der Waals surface area contributed by atoms with E-state index < -0.39 is 5.91 Å². The maximum atomic E-state index is 13.0. The summed E-state index contributed by atoms with van der Waals surface area (Å²) in [7, 11) is 1.58. The lowest BCUT2D eigenvalue weighted by Crippen LogP contribution is -1.99. The molecule has 0 unspecified atom stereocenters. The number of nitrogens with zero attached hydrogens (tertiary/aromatic N) is 4. The van der Waals surface area contributed by atoms with Crippen molar-refractivity contribution in [3.05, 3.63) is 59.3 Å². The monoisotopic (exact) mass is 430 g/mol. The van der Waals surface area contributed by atoms with Gasteiger partial charge in [0.05, 0.1) is 23.7 Å². The van der Waals surface area contributed by atoms with Crippen LogP contribution in [0.15, 0.2) is 52.7 Å². The summed E-state index contributed by atoms with van der Waals surface area (Å²) in [4.78, 5) is 17.5. The number of carbonyl (C=O) groups is 1. The number of aromatic nitrogens is 2. The number of unbranched alkanes of at least 4 members (excludes halogenated alkanes) is 1. The number of azo groups is 1. The van der Waals surface area contributed by atoms with Crippen LogP contribution in [0.5, 0.6) is 11.6 Å². The summed E-state index contributed by atoms with van der Waals surface area (Å²) in [6, 6.07) is 13.0. The molecule has 2 heterocycles.